The van der Waals surface area contributed by atoms with Crippen LogP contribution in [0.15, 0.2) is 43.2 Å². The molecule has 3 rings (SSSR count). The van der Waals surface area contributed by atoms with Gasteiger partial charge in [-0.3, -0.25) is 0 Å². The molecule has 5 nitrogen and oxygen atoms in total. The fourth-order valence-corrected chi connectivity index (χ4v) is 2.47. The maximum Gasteiger partial charge on any atom is 0.0642 e. The van der Waals surface area contributed by atoms with Crippen LogP contribution in [0.1, 0.15) is 5.56 Å². The van der Waals surface area contributed by atoms with Gasteiger partial charge in [0.2, 0.25) is 0 Å². The van der Waals surface area contributed by atoms with E-state index in [9.17, 15) is 0 Å². The Morgan fingerprint density at radius 2 is 2.10 bits per heavy atom. The third-order valence-corrected chi connectivity index (χ3v) is 3.58. The van der Waals surface area contributed by atoms with Crippen molar-refractivity contribution in [2.75, 3.05) is 36.5 Å². The summed E-state index contributed by atoms with van der Waals surface area (Å²) in [5.74, 6) is 0. The molecule has 1 saturated heterocycles. The highest BCUT2D eigenvalue weighted by molar-refractivity contribution is 5.70. The maximum atomic E-state index is 5.42. The van der Waals surface area contributed by atoms with Gasteiger partial charge in [0.15, 0.2) is 0 Å². The smallest absolute Gasteiger partial charge is 0.0642 e. The summed E-state index contributed by atoms with van der Waals surface area (Å²) in [5.41, 5.74) is 3.51. The zero-order valence-electron chi connectivity index (χ0n) is 12.0. The minimum absolute atomic E-state index is 0.745. The van der Waals surface area contributed by atoms with E-state index in [1.54, 1.807) is 10.9 Å². The number of aromatic nitrogens is 2. The van der Waals surface area contributed by atoms with E-state index >= 15 is 0 Å². The van der Waals surface area contributed by atoms with Crippen molar-refractivity contribution in [3.63, 3.8) is 0 Å². The largest absolute Gasteiger partial charge is 0.379 e. The first-order valence-corrected chi connectivity index (χ1v) is 7.18. The van der Waals surface area contributed by atoms with E-state index in [2.05, 4.69) is 46.2 Å². The van der Waals surface area contributed by atoms with Crippen molar-refractivity contribution in [1.29, 1.82) is 0 Å². The quantitative estimate of drug-likeness (QED) is 0.915. The first-order chi connectivity index (χ1) is 10.4. The van der Waals surface area contributed by atoms with Crippen LogP contribution in [0, 0.1) is 0 Å². The van der Waals surface area contributed by atoms with Crippen molar-refractivity contribution < 1.29 is 4.74 Å². The molecule has 1 aliphatic rings. The first-order valence-electron chi connectivity index (χ1n) is 7.18. The van der Waals surface area contributed by atoms with Crippen LogP contribution in [0.25, 0.3) is 6.20 Å². The summed E-state index contributed by atoms with van der Waals surface area (Å²) < 4.78 is 7.14. The molecule has 0 bridgehead atoms. The second-order valence-corrected chi connectivity index (χ2v) is 4.98. The molecule has 1 fully saturated rings. The zero-order chi connectivity index (χ0) is 14.5. The number of rotatable bonds is 5. The second-order valence-electron chi connectivity index (χ2n) is 4.98. The summed E-state index contributed by atoms with van der Waals surface area (Å²) in [6, 6.07) is 8.40. The average molecular weight is 284 g/mol. The predicted octanol–water partition coefficient (Wildman–Crippen LogP) is 2.43. The summed E-state index contributed by atoms with van der Waals surface area (Å²) in [6.45, 7) is 7.90. The molecule has 1 aliphatic heterocycles. The molecule has 1 aromatic carbocycles. The van der Waals surface area contributed by atoms with Gasteiger partial charge in [-0.25, -0.2) is 4.68 Å². The summed E-state index contributed by atoms with van der Waals surface area (Å²) in [5, 5.41) is 7.69. The Morgan fingerprint density at radius 1 is 1.29 bits per heavy atom. The van der Waals surface area contributed by atoms with Gasteiger partial charge in [-0.2, -0.15) is 5.10 Å². The van der Waals surface area contributed by atoms with Crippen molar-refractivity contribution in [1.82, 2.24) is 9.78 Å². The number of morpholine rings is 1. The van der Waals surface area contributed by atoms with Gasteiger partial charge in [-0.05, 0) is 12.1 Å². The molecule has 0 aliphatic carbocycles. The zero-order valence-corrected chi connectivity index (χ0v) is 12.0. The maximum absolute atomic E-state index is 5.42. The Kier molecular flexibility index (Phi) is 4.21. The number of ether oxygens (including phenoxy) is 1. The Hall–Kier alpha value is -2.27. The lowest BCUT2D eigenvalue weighted by Gasteiger charge is -2.30. The number of para-hydroxylation sites is 2. The lowest BCUT2D eigenvalue weighted by atomic mass is 10.2. The Morgan fingerprint density at radius 3 is 2.86 bits per heavy atom. The summed E-state index contributed by atoms with van der Waals surface area (Å²) >= 11 is 0. The third-order valence-electron chi connectivity index (χ3n) is 3.58. The molecule has 0 spiro atoms. The van der Waals surface area contributed by atoms with E-state index in [0.29, 0.717) is 0 Å². The molecule has 110 valence electrons. The van der Waals surface area contributed by atoms with E-state index in [1.165, 1.54) is 5.69 Å². The van der Waals surface area contributed by atoms with Gasteiger partial charge in [-0.15, -0.1) is 0 Å². The molecule has 0 radical (unpaired) electrons. The van der Waals surface area contributed by atoms with Gasteiger partial charge >= 0.3 is 0 Å². The number of hydrogen-bond donors (Lipinski definition) is 1. The number of hydrogen-bond acceptors (Lipinski definition) is 4. The predicted molar refractivity (Wildman–Crippen MR) is 85.4 cm³/mol. The molecule has 5 heteroatoms. The van der Waals surface area contributed by atoms with E-state index in [-0.39, 0.29) is 0 Å². The second kappa shape index (κ2) is 6.45. The van der Waals surface area contributed by atoms with Crippen molar-refractivity contribution in [2.45, 2.75) is 6.54 Å². The first kappa shape index (κ1) is 13.7. The Bertz CT molecular complexity index is 602. The summed E-state index contributed by atoms with van der Waals surface area (Å²) in [6.07, 6.45) is 5.51. The van der Waals surface area contributed by atoms with E-state index in [0.717, 1.165) is 44.1 Å². The molecule has 21 heavy (non-hydrogen) atoms. The average Bonchev–Trinajstić information content (AvgIpc) is 3.02. The van der Waals surface area contributed by atoms with Crippen molar-refractivity contribution >= 4 is 17.6 Å². The molecule has 0 saturated carbocycles. The summed E-state index contributed by atoms with van der Waals surface area (Å²) in [7, 11) is 0. The van der Waals surface area contributed by atoms with Crippen LogP contribution in [0.3, 0.4) is 0 Å². The molecule has 1 aromatic heterocycles. The monoisotopic (exact) mass is 284 g/mol. The van der Waals surface area contributed by atoms with Crippen molar-refractivity contribution in [2.24, 2.45) is 0 Å². The Balaban J connectivity index is 1.71. The molecule has 0 amide bonds. The molecule has 0 atom stereocenters. The molecule has 0 unspecified atom stereocenters. The minimum atomic E-state index is 0.745. The van der Waals surface area contributed by atoms with E-state index < -0.39 is 0 Å². The van der Waals surface area contributed by atoms with Crippen LogP contribution in [-0.4, -0.2) is 36.1 Å². The van der Waals surface area contributed by atoms with E-state index in [4.69, 9.17) is 4.74 Å². The SMILES string of the molecule is C=Cn1cc(CNc2ccccc2N2CCOCC2)cn1. The van der Waals surface area contributed by atoms with Gasteiger partial charge in [-0.1, -0.05) is 18.7 Å². The van der Waals surface area contributed by atoms with Gasteiger partial charge in [0.05, 0.1) is 30.8 Å². The highest BCUT2D eigenvalue weighted by Crippen LogP contribution is 2.26. The number of nitrogens with one attached hydrogen (secondary N) is 1. The lowest BCUT2D eigenvalue weighted by Crippen LogP contribution is -2.36. The van der Waals surface area contributed by atoms with Gasteiger partial charge in [0.25, 0.3) is 0 Å². The molecule has 2 aromatic rings. The minimum Gasteiger partial charge on any atom is -0.379 e. The highest BCUT2D eigenvalue weighted by atomic mass is 16.5. The van der Waals surface area contributed by atoms with Gasteiger partial charge in [0, 0.05) is 37.6 Å². The molecular weight excluding hydrogens is 264 g/mol. The summed E-state index contributed by atoms with van der Waals surface area (Å²) in [4.78, 5) is 2.36. The fourth-order valence-electron chi connectivity index (χ4n) is 2.47. The Labute approximate surface area is 124 Å². The van der Waals surface area contributed by atoms with Crippen molar-refractivity contribution in [3.8, 4) is 0 Å². The van der Waals surface area contributed by atoms with Gasteiger partial charge < -0.3 is 15.0 Å². The molecule has 1 N–H and O–H groups in total. The van der Waals surface area contributed by atoms with Crippen LogP contribution in [0.4, 0.5) is 11.4 Å². The van der Waals surface area contributed by atoms with Crippen LogP contribution in [-0.2, 0) is 11.3 Å². The van der Waals surface area contributed by atoms with E-state index in [1.807, 2.05) is 12.4 Å². The number of benzene rings is 1. The lowest BCUT2D eigenvalue weighted by molar-refractivity contribution is 0.123. The molecule has 2 heterocycles. The molecular formula is C16H20N4O. The highest BCUT2D eigenvalue weighted by Gasteiger charge is 2.14. The third kappa shape index (κ3) is 3.25. The standard InChI is InChI=1S/C16H20N4O/c1-2-20-13-14(12-18-20)11-17-15-5-3-4-6-16(15)19-7-9-21-10-8-19/h2-6,12-13,17H,1,7-11H2. The number of nitrogens with zero attached hydrogens (tertiary/aromatic N) is 3. The van der Waals surface area contributed by atoms with Crippen molar-refractivity contribution in [3.05, 3.63) is 48.8 Å². The van der Waals surface area contributed by atoms with Gasteiger partial charge in [0.1, 0.15) is 0 Å². The number of anilines is 2. The van der Waals surface area contributed by atoms with Crippen LogP contribution in [0.2, 0.25) is 0 Å². The normalized spacial score (nSPS) is 15.0. The topological polar surface area (TPSA) is 42.3 Å². The van der Waals surface area contributed by atoms with Crippen LogP contribution < -0.4 is 10.2 Å². The fraction of sp³-hybridized carbons (Fsp3) is 0.312. The van der Waals surface area contributed by atoms with Crippen LogP contribution in [0.5, 0.6) is 0 Å². The van der Waals surface area contributed by atoms with Crippen LogP contribution >= 0.6 is 0 Å².